The first-order valence-electron chi connectivity index (χ1n) is 9.53. The number of rotatable bonds is 4. The number of carbonyl (C=O) groups is 1. The Balaban J connectivity index is 1.23. The van der Waals surface area contributed by atoms with E-state index in [2.05, 4.69) is 39.5 Å². The van der Waals surface area contributed by atoms with Crippen LogP contribution in [0.5, 0.6) is 0 Å². The number of aryl methyl sites for hydroxylation is 1. The van der Waals surface area contributed by atoms with Crippen LogP contribution in [0.3, 0.4) is 0 Å². The van der Waals surface area contributed by atoms with E-state index in [4.69, 9.17) is 4.98 Å². The molecule has 5 nitrogen and oxygen atoms in total. The molecule has 4 heterocycles. The first-order chi connectivity index (χ1) is 14.2. The van der Waals surface area contributed by atoms with Crippen molar-refractivity contribution in [2.75, 3.05) is 26.2 Å². The molecule has 8 heteroatoms. The first-order valence-corrected chi connectivity index (χ1v) is 12.1. The van der Waals surface area contributed by atoms with E-state index in [1.54, 1.807) is 22.7 Å². The zero-order valence-corrected chi connectivity index (χ0v) is 18.4. The lowest BCUT2D eigenvalue weighted by atomic mass is 10.2. The third-order valence-electron chi connectivity index (χ3n) is 5.12. The Labute approximate surface area is 181 Å². The number of aromatic nitrogens is 2. The van der Waals surface area contributed by atoms with Gasteiger partial charge in [0.1, 0.15) is 14.9 Å². The molecule has 4 aromatic rings. The summed E-state index contributed by atoms with van der Waals surface area (Å²) in [5, 5.41) is 6.19. The van der Waals surface area contributed by atoms with E-state index >= 15 is 0 Å². The number of thiophene rings is 1. The zero-order chi connectivity index (χ0) is 19.8. The molecule has 0 radical (unpaired) electrons. The minimum atomic E-state index is 0.112. The van der Waals surface area contributed by atoms with Crippen molar-refractivity contribution in [3.8, 4) is 10.6 Å². The van der Waals surface area contributed by atoms with Crippen LogP contribution in [0, 0.1) is 6.92 Å². The van der Waals surface area contributed by atoms with E-state index < -0.39 is 0 Å². The maximum Gasteiger partial charge on any atom is 0.265 e. The number of piperazine rings is 1. The van der Waals surface area contributed by atoms with Crippen LogP contribution in [0.25, 0.3) is 20.8 Å². The molecule has 3 aromatic heterocycles. The number of fused-ring (bicyclic) bond motifs is 1. The molecular formula is C21H20N4OS3. The molecule has 1 aliphatic rings. The number of hydrogen-bond donors (Lipinski definition) is 0. The van der Waals surface area contributed by atoms with Gasteiger partial charge in [0.25, 0.3) is 5.91 Å². The zero-order valence-electron chi connectivity index (χ0n) is 16.0. The molecule has 1 saturated heterocycles. The highest BCUT2D eigenvalue weighted by atomic mass is 32.1. The summed E-state index contributed by atoms with van der Waals surface area (Å²) in [6.07, 6.45) is 0. The van der Waals surface area contributed by atoms with Crippen molar-refractivity contribution in [3.05, 3.63) is 56.7 Å². The van der Waals surface area contributed by atoms with Crippen LogP contribution >= 0.6 is 34.0 Å². The highest BCUT2D eigenvalue weighted by Gasteiger charge is 2.26. The molecule has 5 rings (SSSR count). The van der Waals surface area contributed by atoms with E-state index in [-0.39, 0.29) is 5.91 Å². The quantitative estimate of drug-likeness (QED) is 0.460. The predicted octanol–water partition coefficient (Wildman–Crippen LogP) is 4.75. The van der Waals surface area contributed by atoms with Gasteiger partial charge in [-0.3, -0.25) is 9.69 Å². The number of carbonyl (C=O) groups excluding carboxylic acids is 1. The molecule has 0 N–H and O–H groups in total. The number of benzene rings is 1. The smallest absolute Gasteiger partial charge is 0.265 e. The lowest BCUT2D eigenvalue weighted by molar-refractivity contribution is 0.0632. The predicted molar refractivity (Wildman–Crippen MR) is 121 cm³/mol. The molecule has 0 bridgehead atoms. The van der Waals surface area contributed by atoms with E-state index in [9.17, 15) is 4.79 Å². The maximum atomic E-state index is 13.1. The van der Waals surface area contributed by atoms with Gasteiger partial charge in [-0.1, -0.05) is 12.1 Å². The van der Waals surface area contributed by atoms with E-state index in [1.807, 2.05) is 23.3 Å². The lowest BCUT2D eigenvalue weighted by Crippen LogP contribution is -2.48. The van der Waals surface area contributed by atoms with Crippen LogP contribution in [-0.2, 0) is 6.54 Å². The molecule has 29 heavy (non-hydrogen) atoms. The van der Waals surface area contributed by atoms with Crippen LogP contribution < -0.4 is 0 Å². The molecule has 1 amide bonds. The van der Waals surface area contributed by atoms with Gasteiger partial charge in [0.15, 0.2) is 0 Å². The second-order valence-corrected chi connectivity index (χ2v) is 9.98. The normalized spacial score (nSPS) is 15.3. The van der Waals surface area contributed by atoms with E-state index in [1.165, 1.54) is 16.0 Å². The summed E-state index contributed by atoms with van der Waals surface area (Å²) in [5.41, 5.74) is 3.00. The topological polar surface area (TPSA) is 49.3 Å². The van der Waals surface area contributed by atoms with Gasteiger partial charge in [0.2, 0.25) is 0 Å². The van der Waals surface area contributed by atoms with Crippen LogP contribution in [-0.4, -0.2) is 51.9 Å². The fourth-order valence-electron chi connectivity index (χ4n) is 3.54. The van der Waals surface area contributed by atoms with Crippen LogP contribution in [0.15, 0.2) is 41.1 Å². The summed E-state index contributed by atoms with van der Waals surface area (Å²) in [7, 11) is 0. The summed E-state index contributed by atoms with van der Waals surface area (Å²) >= 11 is 4.92. The number of hydrogen-bond acceptors (Lipinski definition) is 7. The minimum absolute atomic E-state index is 0.112. The Morgan fingerprint density at radius 1 is 1.07 bits per heavy atom. The van der Waals surface area contributed by atoms with E-state index in [0.717, 1.165) is 64.4 Å². The van der Waals surface area contributed by atoms with Crippen molar-refractivity contribution in [2.24, 2.45) is 0 Å². The summed E-state index contributed by atoms with van der Waals surface area (Å²) in [6, 6.07) is 10.3. The van der Waals surface area contributed by atoms with Gasteiger partial charge in [0, 0.05) is 37.1 Å². The Hall–Kier alpha value is -2.13. The number of amides is 1. The summed E-state index contributed by atoms with van der Waals surface area (Å²) < 4.78 is 1.23. The van der Waals surface area contributed by atoms with Crippen LogP contribution in [0.4, 0.5) is 0 Å². The van der Waals surface area contributed by atoms with Crippen molar-refractivity contribution in [1.82, 2.24) is 19.8 Å². The molecule has 1 aliphatic heterocycles. The largest absolute Gasteiger partial charge is 0.335 e. The van der Waals surface area contributed by atoms with Crippen molar-refractivity contribution in [3.63, 3.8) is 0 Å². The van der Waals surface area contributed by atoms with Gasteiger partial charge in [-0.2, -0.15) is 11.3 Å². The Kier molecular flexibility index (Phi) is 5.17. The van der Waals surface area contributed by atoms with E-state index in [0.29, 0.717) is 0 Å². The lowest BCUT2D eigenvalue weighted by Gasteiger charge is -2.34. The SMILES string of the molecule is Cc1nc(-c2ccsc2)sc1C(=O)N1CCN(Cc2nc3ccccc3s2)CC1. The Morgan fingerprint density at radius 2 is 1.90 bits per heavy atom. The van der Waals surface area contributed by atoms with Crippen molar-refractivity contribution in [2.45, 2.75) is 13.5 Å². The third-order valence-corrected chi connectivity index (χ3v) is 8.01. The van der Waals surface area contributed by atoms with Gasteiger partial charge in [0.05, 0.1) is 22.5 Å². The fraction of sp³-hybridized carbons (Fsp3) is 0.286. The van der Waals surface area contributed by atoms with Gasteiger partial charge < -0.3 is 4.90 Å². The fourth-order valence-corrected chi connectivity index (χ4v) is 6.29. The molecule has 148 valence electrons. The van der Waals surface area contributed by atoms with Crippen molar-refractivity contribution < 1.29 is 4.79 Å². The maximum absolute atomic E-state index is 13.1. The molecule has 1 fully saturated rings. The summed E-state index contributed by atoms with van der Waals surface area (Å²) in [6.45, 7) is 6.02. The van der Waals surface area contributed by atoms with Crippen LogP contribution in [0.1, 0.15) is 20.4 Å². The number of nitrogens with zero attached hydrogens (tertiary/aromatic N) is 4. The third kappa shape index (κ3) is 3.85. The second-order valence-electron chi connectivity index (χ2n) is 7.09. The average molecular weight is 441 g/mol. The van der Waals surface area contributed by atoms with Gasteiger partial charge in [-0.15, -0.1) is 22.7 Å². The molecule has 0 spiro atoms. The van der Waals surface area contributed by atoms with Crippen molar-refractivity contribution in [1.29, 1.82) is 0 Å². The summed E-state index contributed by atoms with van der Waals surface area (Å²) in [4.78, 5) is 27.5. The minimum Gasteiger partial charge on any atom is -0.335 e. The van der Waals surface area contributed by atoms with Gasteiger partial charge in [-0.25, -0.2) is 9.97 Å². The van der Waals surface area contributed by atoms with Gasteiger partial charge in [-0.05, 0) is 30.5 Å². The Morgan fingerprint density at radius 3 is 2.66 bits per heavy atom. The van der Waals surface area contributed by atoms with Crippen molar-refractivity contribution >= 4 is 50.1 Å². The molecule has 0 unspecified atom stereocenters. The molecule has 0 atom stereocenters. The summed E-state index contributed by atoms with van der Waals surface area (Å²) in [5.74, 6) is 0.112. The standard InChI is InChI=1S/C21H20N4OS3/c1-14-19(29-20(22-14)15-6-11-27-13-15)21(26)25-9-7-24(8-10-25)12-18-23-16-4-2-3-5-17(16)28-18/h2-6,11,13H,7-10,12H2,1H3. The highest BCUT2D eigenvalue weighted by Crippen LogP contribution is 2.30. The number of para-hydroxylation sites is 1. The second kappa shape index (κ2) is 7.95. The molecule has 1 aromatic carbocycles. The molecular weight excluding hydrogens is 420 g/mol. The number of thiazole rings is 2. The van der Waals surface area contributed by atoms with Gasteiger partial charge >= 0.3 is 0 Å². The highest BCUT2D eigenvalue weighted by molar-refractivity contribution is 7.18. The monoisotopic (exact) mass is 440 g/mol. The Bertz CT molecular complexity index is 1110. The molecule has 0 saturated carbocycles. The average Bonchev–Trinajstić information content (AvgIpc) is 3.47. The first kappa shape index (κ1) is 18.9. The van der Waals surface area contributed by atoms with Crippen LogP contribution in [0.2, 0.25) is 0 Å². The molecule has 0 aliphatic carbocycles.